The van der Waals surface area contributed by atoms with Crippen LogP contribution in [0.3, 0.4) is 0 Å². The highest BCUT2D eigenvalue weighted by Gasteiger charge is 2.52. The van der Waals surface area contributed by atoms with Gasteiger partial charge in [-0.1, -0.05) is 96.0 Å². The summed E-state index contributed by atoms with van der Waals surface area (Å²) >= 11 is 14.4. The van der Waals surface area contributed by atoms with Crippen LogP contribution in [0.1, 0.15) is 33.4 Å². The number of pyridine rings is 2. The van der Waals surface area contributed by atoms with Gasteiger partial charge >= 0.3 is 0 Å². The molecule has 0 spiro atoms. The quantitative estimate of drug-likeness (QED) is 0.115. The molecule has 4 aromatic carbocycles. The van der Waals surface area contributed by atoms with E-state index in [1.807, 2.05) is 151 Å². The van der Waals surface area contributed by atoms with E-state index >= 15 is 0 Å². The molecular formula is C47H41Cl3N6O3. The average molecular weight is 844 g/mol. The third-order valence-electron chi connectivity index (χ3n) is 11.2. The smallest absolute Gasteiger partial charge is 0.211 e. The van der Waals surface area contributed by atoms with Gasteiger partial charge in [-0.2, -0.15) is 0 Å². The number of amides is 1. The zero-order valence-electron chi connectivity index (χ0n) is 32.9. The van der Waals surface area contributed by atoms with Crippen molar-refractivity contribution in [2.75, 3.05) is 19.6 Å². The highest BCUT2D eigenvalue weighted by Crippen LogP contribution is 2.56. The Morgan fingerprint density at radius 2 is 1.05 bits per heavy atom. The number of carbonyl (C=O) groups excluding carboxylic acids is 1. The lowest BCUT2D eigenvalue weighted by Gasteiger charge is -2.46. The fourth-order valence-corrected chi connectivity index (χ4v) is 9.07. The number of carbonyl (C=O) groups is 1. The first-order chi connectivity index (χ1) is 28.2. The first-order valence-electron chi connectivity index (χ1n) is 19.1. The van der Waals surface area contributed by atoms with Crippen LogP contribution in [-0.2, 0) is 10.3 Å². The van der Waals surface area contributed by atoms with Gasteiger partial charge in [0, 0.05) is 54.2 Å². The summed E-state index contributed by atoms with van der Waals surface area (Å²) in [6.07, 6.45) is 4.32. The topological polar surface area (TPSA) is 86.4 Å². The number of nitrogens with zero attached hydrogens (tertiary/aromatic N) is 5. The number of para-hydroxylation sites is 4. The number of aryl methyl sites for hydroxylation is 4. The fraction of sp³-hybridized carbons (Fsp3) is 0.170. The Kier molecular flexibility index (Phi) is 10.9. The third kappa shape index (κ3) is 6.49. The molecule has 9 rings (SSSR count). The van der Waals surface area contributed by atoms with Crippen molar-refractivity contribution >= 4 is 63.8 Å². The summed E-state index contributed by atoms with van der Waals surface area (Å²) in [4.78, 5) is 25.0. The molecule has 9 nitrogen and oxygen atoms in total. The van der Waals surface area contributed by atoms with Gasteiger partial charge in [-0.15, -0.1) is 12.4 Å². The van der Waals surface area contributed by atoms with Crippen LogP contribution < -0.4 is 14.8 Å². The molecule has 1 amide bonds. The number of ether oxygens (including phenoxy) is 2. The molecule has 1 aliphatic rings. The summed E-state index contributed by atoms with van der Waals surface area (Å²) in [5.41, 5.74) is 6.73. The molecule has 4 aromatic heterocycles. The molecule has 1 N–H and O–H groups in total. The minimum Gasteiger partial charge on any atom is -0.439 e. The molecule has 0 radical (unpaired) electrons. The maximum absolute atomic E-state index is 14.0. The van der Waals surface area contributed by atoms with Crippen LogP contribution >= 0.6 is 35.6 Å². The molecular weight excluding hydrogens is 803 g/mol. The summed E-state index contributed by atoms with van der Waals surface area (Å²) in [7, 11) is 0. The predicted octanol–water partition coefficient (Wildman–Crippen LogP) is 11.2. The molecule has 59 heavy (non-hydrogen) atoms. The van der Waals surface area contributed by atoms with E-state index in [0.717, 1.165) is 50.8 Å². The molecule has 0 aliphatic carbocycles. The SMILES string of the molecule is Cc1cccc(C)c1Oc1c(C2(c3c(Oc4c(C)cccc4C)n(-c4ccccc4)c4c(Cl)nccc34)CNCCN2C=O)c2ccnc(Cl)c2n1-c1ccccc1.Cl. The van der Waals surface area contributed by atoms with Crippen LogP contribution in [0, 0.1) is 27.7 Å². The summed E-state index contributed by atoms with van der Waals surface area (Å²) in [5.74, 6) is 2.33. The van der Waals surface area contributed by atoms with Crippen molar-refractivity contribution < 1.29 is 14.3 Å². The molecule has 12 heteroatoms. The van der Waals surface area contributed by atoms with Gasteiger partial charge in [0.1, 0.15) is 17.0 Å². The van der Waals surface area contributed by atoms with Crippen molar-refractivity contribution in [1.29, 1.82) is 0 Å². The Labute approximate surface area is 358 Å². The van der Waals surface area contributed by atoms with Gasteiger partial charge < -0.3 is 19.7 Å². The van der Waals surface area contributed by atoms with Crippen molar-refractivity contribution in [1.82, 2.24) is 29.3 Å². The Morgan fingerprint density at radius 3 is 1.46 bits per heavy atom. The van der Waals surface area contributed by atoms with Crippen LogP contribution in [0.5, 0.6) is 23.3 Å². The van der Waals surface area contributed by atoms with Crippen molar-refractivity contribution in [2.45, 2.75) is 33.2 Å². The van der Waals surface area contributed by atoms with E-state index in [9.17, 15) is 4.79 Å². The monoisotopic (exact) mass is 842 g/mol. The molecule has 0 saturated carbocycles. The largest absolute Gasteiger partial charge is 0.439 e. The summed E-state index contributed by atoms with van der Waals surface area (Å²) in [5, 5.41) is 5.75. The third-order valence-corrected chi connectivity index (χ3v) is 11.7. The molecule has 0 atom stereocenters. The number of halogens is 3. The van der Waals surface area contributed by atoms with Gasteiger partial charge in [0.2, 0.25) is 18.2 Å². The minimum absolute atomic E-state index is 0. The van der Waals surface area contributed by atoms with Crippen molar-refractivity contribution in [3.8, 4) is 34.6 Å². The van der Waals surface area contributed by atoms with Gasteiger partial charge in [0.25, 0.3) is 0 Å². The van der Waals surface area contributed by atoms with Crippen LogP contribution in [0.15, 0.2) is 122 Å². The maximum atomic E-state index is 14.0. The van der Waals surface area contributed by atoms with E-state index in [1.165, 1.54) is 0 Å². The molecule has 1 saturated heterocycles. The predicted molar refractivity (Wildman–Crippen MR) is 238 cm³/mol. The highest BCUT2D eigenvalue weighted by molar-refractivity contribution is 6.35. The zero-order chi connectivity index (χ0) is 40.1. The van der Waals surface area contributed by atoms with E-state index in [0.29, 0.717) is 58.5 Å². The summed E-state index contributed by atoms with van der Waals surface area (Å²) < 4.78 is 18.7. The average Bonchev–Trinajstić information content (AvgIpc) is 3.76. The van der Waals surface area contributed by atoms with E-state index in [2.05, 4.69) is 15.3 Å². The minimum atomic E-state index is -1.32. The lowest BCUT2D eigenvalue weighted by molar-refractivity contribution is -0.124. The number of benzene rings is 4. The van der Waals surface area contributed by atoms with Crippen LogP contribution in [0.4, 0.5) is 0 Å². The van der Waals surface area contributed by atoms with E-state index in [1.54, 1.807) is 12.4 Å². The number of nitrogens with one attached hydrogen (secondary N) is 1. The van der Waals surface area contributed by atoms with Crippen LogP contribution in [0.2, 0.25) is 10.3 Å². The Hall–Kier alpha value is -5.84. The molecule has 0 bridgehead atoms. The molecule has 5 heterocycles. The lowest BCUT2D eigenvalue weighted by Crippen LogP contribution is -2.59. The Bertz CT molecular complexity index is 2640. The molecule has 8 aromatic rings. The first kappa shape index (κ1) is 40.0. The number of fused-ring (bicyclic) bond motifs is 2. The number of piperazine rings is 1. The second kappa shape index (κ2) is 16.1. The van der Waals surface area contributed by atoms with E-state index in [-0.39, 0.29) is 29.3 Å². The van der Waals surface area contributed by atoms with Gasteiger partial charge in [0.15, 0.2) is 10.3 Å². The van der Waals surface area contributed by atoms with Gasteiger partial charge in [-0.3, -0.25) is 13.9 Å². The number of aromatic nitrogens is 4. The van der Waals surface area contributed by atoms with E-state index in [4.69, 9.17) is 32.7 Å². The standard InChI is InChI=1S/C47H40Cl2N6O3.ClH/c1-29-13-11-14-30(2)41(29)57-45-37(35-21-23-51-43(48)39(35)54(45)33-17-7-5-8-18-33)47(27-50-25-26-53(47)28-56)38-36-22-24-52-44(49)40(36)55(34-19-9-6-10-20-34)46(38)58-42-31(3)15-12-16-32(42)4;/h5-24,28,50H,25-27H2,1-4H3;1H. The molecule has 298 valence electrons. The van der Waals surface area contributed by atoms with Crippen molar-refractivity contribution in [3.63, 3.8) is 0 Å². The molecule has 1 fully saturated rings. The Morgan fingerprint density at radius 1 is 0.627 bits per heavy atom. The Balaban J connectivity index is 0.00000484. The highest BCUT2D eigenvalue weighted by atomic mass is 35.5. The lowest BCUT2D eigenvalue weighted by atomic mass is 9.79. The van der Waals surface area contributed by atoms with Gasteiger partial charge in [0.05, 0.1) is 22.2 Å². The van der Waals surface area contributed by atoms with Crippen molar-refractivity contribution in [2.24, 2.45) is 0 Å². The zero-order valence-corrected chi connectivity index (χ0v) is 35.2. The number of hydrogen-bond donors (Lipinski definition) is 1. The van der Waals surface area contributed by atoms with E-state index < -0.39 is 5.54 Å². The second-order valence-corrected chi connectivity index (χ2v) is 15.4. The van der Waals surface area contributed by atoms with Crippen LogP contribution in [0.25, 0.3) is 33.2 Å². The number of hydrogen-bond acceptors (Lipinski definition) is 6. The molecule has 0 unspecified atom stereocenters. The van der Waals surface area contributed by atoms with Crippen molar-refractivity contribution in [3.05, 3.63) is 165 Å². The fourth-order valence-electron chi connectivity index (χ4n) is 8.59. The second-order valence-electron chi connectivity index (χ2n) is 14.7. The number of rotatable bonds is 9. The normalized spacial score (nSPS) is 13.7. The summed E-state index contributed by atoms with van der Waals surface area (Å²) in [6, 6.07) is 35.9. The first-order valence-corrected chi connectivity index (χ1v) is 19.9. The summed E-state index contributed by atoms with van der Waals surface area (Å²) in [6.45, 7) is 9.31. The molecule has 1 aliphatic heterocycles. The van der Waals surface area contributed by atoms with Crippen LogP contribution in [-0.4, -0.2) is 50.0 Å². The van der Waals surface area contributed by atoms with Gasteiger partial charge in [-0.05, 0) is 86.3 Å². The maximum Gasteiger partial charge on any atom is 0.211 e. The van der Waals surface area contributed by atoms with Gasteiger partial charge in [-0.25, -0.2) is 9.97 Å².